The van der Waals surface area contributed by atoms with Crippen LogP contribution in [0.25, 0.3) is 0 Å². The number of amides is 1. The van der Waals surface area contributed by atoms with Gasteiger partial charge in [-0.25, -0.2) is 0 Å². The van der Waals surface area contributed by atoms with Crippen LogP contribution in [0.2, 0.25) is 0 Å². The van der Waals surface area contributed by atoms with Crippen LogP contribution in [0.1, 0.15) is 18.1 Å². The van der Waals surface area contributed by atoms with Gasteiger partial charge in [0, 0.05) is 12.2 Å². The van der Waals surface area contributed by atoms with Crippen LogP contribution in [0, 0.1) is 0 Å². The quantitative estimate of drug-likeness (QED) is 0.525. The topological polar surface area (TPSA) is 85.4 Å². The average molecular weight is 429 g/mol. The molecule has 0 bridgehead atoms. The van der Waals surface area contributed by atoms with Gasteiger partial charge in [-0.15, -0.1) is 10.2 Å². The normalized spacial score (nSPS) is 12.0. The van der Waals surface area contributed by atoms with E-state index in [9.17, 15) is 4.79 Å². The molecule has 2 N–H and O–H groups in total. The van der Waals surface area contributed by atoms with Gasteiger partial charge in [-0.1, -0.05) is 48.2 Å². The number of aromatic nitrogens is 2. The first-order chi connectivity index (χ1) is 14.2. The van der Waals surface area contributed by atoms with E-state index in [1.807, 2.05) is 30.3 Å². The Morgan fingerprint density at radius 2 is 1.90 bits per heavy atom. The van der Waals surface area contributed by atoms with Crippen molar-refractivity contribution in [3.63, 3.8) is 0 Å². The minimum absolute atomic E-state index is 0.0625. The van der Waals surface area contributed by atoms with Gasteiger partial charge in [0.15, 0.2) is 15.8 Å². The number of anilines is 2. The number of ether oxygens (including phenoxy) is 2. The third kappa shape index (κ3) is 5.18. The Morgan fingerprint density at radius 1 is 1.10 bits per heavy atom. The molecule has 0 unspecified atom stereocenters. The maximum atomic E-state index is 12.1. The van der Waals surface area contributed by atoms with Crippen molar-refractivity contribution in [3.8, 4) is 11.5 Å². The summed E-state index contributed by atoms with van der Waals surface area (Å²) in [5.41, 5.74) is 3.22. The van der Waals surface area contributed by atoms with Crippen molar-refractivity contribution >= 4 is 39.8 Å². The van der Waals surface area contributed by atoms with Crippen LogP contribution in [0.3, 0.4) is 0 Å². The van der Waals surface area contributed by atoms with Crippen LogP contribution >= 0.6 is 23.1 Å². The highest BCUT2D eigenvalue weighted by Crippen LogP contribution is 2.32. The summed E-state index contributed by atoms with van der Waals surface area (Å²) in [6.45, 7) is 2.80. The molecule has 2 heterocycles. The van der Waals surface area contributed by atoms with Gasteiger partial charge < -0.3 is 20.1 Å². The molecule has 0 spiro atoms. The fourth-order valence-corrected chi connectivity index (χ4v) is 4.30. The number of nitrogens with zero attached hydrogens (tertiary/aromatic N) is 2. The highest BCUT2D eigenvalue weighted by Gasteiger charge is 2.14. The highest BCUT2D eigenvalue weighted by atomic mass is 32.2. The summed E-state index contributed by atoms with van der Waals surface area (Å²) in [5.74, 6) is 1.67. The number of fused-ring (bicyclic) bond motifs is 1. The number of carbonyl (C=O) groups is 1. The van der Waals surface area contributed by atoms with Crippen molar-refractivity contribution in [2.75, 3.05) is 17.9 Å². The molecule has 0 aliphatic carbocycles. The standard InChI is InChI=1S/C20H20N4O3S2/c1-2-13-3-6-15(7-4-13)22-19-23-24-20(29-19)28-11-18(25)21-10-14-5-8-16-17(9-14)27-12-26-16/h3-9H,2,10-12H2,1H3,(H,21,25)(H,22,23). The van der Waals surface area contributed by atoms with Crippen LogP contribution < -0.4 is 20.1 Å². The Labute approximate surface area is 176 Å². The lowest BCUT2D eigenvalue weighted by Gasteiger charge is -2.05. The van der Waals surface area contributed by atoms with E-state index in [2.05, 4.69) is 39.9 Å². The molecule has 1 aromatic heterocycles. The molecule has 150 valence electrons. The van der Waals surface area contributed by atoms with Gasteiger partial charge in [0.1, 0.15) is 0 Å². The Kier molecular flexibility index (Phi) is 6.16. The zero-order valence-corrected chi connectivity index (χ0v) is 17.4. The first-order valence-electron chi connectivity index (χ1n) is 9.17. The third-order valence-electron chi connectivity index (χ3n) is 4.27. The van der Waals surface area contributed by atoms with Gasteiger partial charge in [-0.3, -0.25) is 4.79 Å². The van der Waals surface area contributed by atoms with E-state index in [1.165, 1.54) is 28.7 Å². The van der Waals surface area contributed by atoms with E-state index in [0.29, 0.717) is 17.4 Å². The maximum absolute atomic E-state index is 12.1. The predicted molar refractivity (Wildman–Crippen MR) is 114 cm³/mol. The molecule has 0 fully saturated rings. The van der Waals surface area contributed by atoms with Gasteiger partial charge >= 0.3 is 0 Å². The fraction of sp³-hybridized carbons (Fsp3) is 0.250. The van der Waals surface area contributed by atoms with Crippen LogP contribution in [-0.2, 0) is 17.8 Å². The summed E-state index contributed by atoms with van der Waals surface area (Å²) in [5, 5.41) is 15.1. The summed E-state index contributed by atoms with van der Waals surface area (Å²) >= 11 is 2.80. The largest absolute Gasteiger partial charge is 0.454 e. The molecular weight excluding hydrogens is 408 g/mol. The second-order valence-corrected chi connectivity index (χ2v) is 8.50. The lowest BCUT2D eigenvalue weighted by atomic mass is 10.1. The van der Waals surface area contributed by atoms with Crippen molar-refractivity contribution in [2.45, 2.75) is 24.2 Å². The molecule has 0 saturated carbocycles. The second kappa shape index (κ2) is 9.15. The summed E-state index contributed by atoms with van der Waals surface area (Å²) in [4.78, 5) is 12.1. The van der Waals surface area contributed by atoms with E-state index in [1.54, 1.807) is 0 Å². The Hall–Kier alpha value is -2.78. The zero-order valence-electron chi connectivity index (χ0n) is 15.8. The van der Waals surface area contributed by atoms with Gasteiger partial charge in [0.25, 0.3) is 0 Å². The van der Waals surface area contributed by atoms with Crippen molar-refractivity contribution < 1.29 is 14.3 Å². The van der Waals surface area contributed by atoms with Gasteiger partial charge in [-0.2, -0.15) is 0 Å². The number of benzene rings is 2. The minimum Gasteiger partial charge on any atom is -0.454 e. The summed E-state index contributed by atoms with van der Waals surface area (Å²) < 4.78 is 11.4. The fourth-order valence-electron chi connectivity index (χ4n) is 2.70. The predicted octanol–water partition coefficient (Wildman–Crippen LogP) is 3.98. The van der Waals surface area contributed by atoms with E-state index in [-0.39, 0.29) is 18.5 Å². The van der Waals surface area contributed by atoms with E-state index in [4.69, 9.17) is 9.47 Å². The molecule has 1 amide bonds. The first-order valence-corrected chi connectivity index (χ1v) is 11.0. The Morgan fingerprint density at radius 3 is 2.72 bits per heavy atom. The lowest BCUT2D eigenvalue weighted by molar-refractivity contribution is -0.118. The molecule has 0 saturated heterocycles. The van der Waals surface area contributed by atoms with Crippen LogP contribution in [0.4, 0.5) is 10.8 Å². The number of hydrogen-bond donors (Lipinski definition) is 2. The number of nitrogens with one attached hydrogen (secondary N) is 2. The Bertz CT molecular complexity index is 992. The second-order valence-electron chi connectivity index (χ2n) is 6.30. The average Bonchev–Trinajstić information content (AvgIpc) is 3.40. The van der Waals surface area contributed by atoms with Crippen LogP contribution in [0.5, 0.6) is 11.5 Å². The molecule has 0 radical (unpaired) electrons. The molecule has 7 nitrogen and oxygen atoms in total. The van der Waals surface area contributed by atoms with E-state index < -0.39 is 0 Å². The molecular formula is C20H20N4O3S2. The number of hydrogen-bond acceptors (Lipinski definition) is 8. The monoisotopic (exact) mass is 428 g/mol. The summed E-state index contributed by atoms with van der Waals surface area (Å²) in [6, 6.07) is 13.9. The molecule has 1 aliphatic heterocycles. The maximum Gasteiger partial charge on any atom is 0.231 e. The molecule has 29 heavy (non-hydrogen) atoms. The zero-order chi connectivity index (χ0) is 20.1. The Balaban J connectivity index is 1.23. The lowest BCUT2D eigenvalue weighted by Crippen LogP contribution is -2.24. The van der Waals surface area contributed by atoms with Gasteiger partial charge in [0.2, 0.25) is 17.8 Å². The number of thioether (sulfide) groups is 1. The van der Waals surface area contributed by atoms with E-state index in [0.717, 1.165) is 27.8 Å². The van der Waals surface area contributed by atoms with Gasteiger partial charge in [-0.05, 0) is 41.8 Å². The molecule has 2 aromatic carbocycles. The first kappa shape index (κ1) is 19.5. The highest BCUT2D eigenvalue weighted by molar-refractivity contribution is 8.01. The van der Waals surface area contributed by atoms with Crippen LogP contribution in [-0.4, -0.2) is 28.7 Å². The third-order valence-corrected chi connectivity index (χ3v) is 6.25. The van der Waals surface area contributed by atoms with Gasteiger partial charge in [0.05, 0.1) is 5.75 Å². The molecule has 1 aliphatic rings. The molecule has 4 rings (SSSR count). The summed E-state index contributed by atoms with van der Waals surface area (Å²) in [7, 11) is 0. The molecule has 9 heteroatoms. The minimum atomic E-state index is -0.0625. The molecule has 3 aromatic rings. The van der Waals surface area contributed by atoms with Crippen LogP contribution in [0.15, 0.2) is 46.8 Å². The van der Waals surface area contributed by atoms with Crippen molar-refractivity contribution in [1.29, 1.82) is 0 Å². The van der Waals surface area contributed by atoms with Crippen molar-refractivity contribution in [1.82, 2.24) is 15.5 Å². The SMILES string of the molecule is CCc1ccc(Nc2nnc(SCC(=O)NCc3ccc4c(c3)OCO4)s2)cc1. The number of carbonyl (C=O) groups excluding carboxylic acids is 1. The smallest absolute Gasteiger partial charge is 0.231 e. The van der Waals surface area contributed by atoms with E-state index >= 15 is 0 Å². The number of aryl methyl sites for hydroxylation is 1. The van der Waals surface area contributed by atoms with Crippen molar-refractivity contribution in [2.24, 2.45) is 0 Å². The summed E-state index contributed by atoms with van der Waals surface area (Å²) in [6.07, 6.45) is 1.01. The molecule has 0 atom stereocenters. The number of rotatable bonds is 8. The van der Waals surface area contributed by atoms with Crippen molar-refractivity contribution in [3.05, 3.63) is 53.6 Å².